The lowest BCUT2D eigenvalue weighted by molar-refractivity contribution is 0.635. The Morgan fingerprint density at radius 2 is 2.29 bits per heavy atom. The number of aromatic nitrogens is 3. The molecule has 0 amide bonds. The Bertz CT molecular complexity index is 840. The third-order valence-electron chi connectivity index (χ3n) is 2.56. The lowest BCUT2D eigenvalue weighted by Gasteiger charge is -2.01. The average molecular weight is 228 g/mol. The van der Waals surface area contributed by atoms with E-state index in [1.807, 2.05) is 6.07 Å². The highest BCUT2D eigenvalue weighted by atomic mass is 19.1. The van der Waals surface area contributed by atoms with Crippen LogP contribution in [0.5, 0.6) is 0 Å². The second kappa shape index (κ2) is 3.15. The summed E-state index contributed by atoms with van der Waals surface area (Å²) in [6, 6.07) is 6.26. The number of benzene rings is 1. The van der Waals surface area contributed by atoms with Gasteiger partial charge in [-0.25, -0.2) is 8.91 Å². The van der Waals surface area contributed by atoms with Gasteiger partial charge in [0, 0.05) is 0 Å². The Labute approximate surface area is 93.7 Å². The molecule has 0 radical (unpaired) electrons. The largest absolute Gasteiger partial charge is 0.316 e. The average Bonchev–Trinajstić information content (AvgIpc) is 2.75. The predicted octanol–water partition coefficient (Wildman–Crippen LogP) is 1.19. The van der Waals surface area contributed by atoms with E-state index in [4.69, 9.17) is 5.26 Å². The van der Waals surface area contributed by atoms with Crippen LogP contribution in [0.15, 0.2) is 29.2 Å². The van der Waals surface area contributed by atoms with Crippen LogP contribution in [0, 0.1) is 17.1 Å². The number of nitrogens with zero attached hydrogens (tertiary/aromatic N) is 3. The minimum atomic E-state index is -0.532. The van der Waals surface area contributed by atoms with Crippen LogP contribution in [-0.2, 0) is 0 Å². The van der Waals surface area contributed by atoms with Gasteiger partial charge in [0.05, 0.1) is 11.7 Å². The fourth-order valence-corrected chi connectivity index (χ4v) is 1.82. The summed E-state index contributed by atoms with van der Waals surface area (Å²) < 4.78 is 14.8. The lowest BCUT2D eigenvalue weighted by atomic mass is 10.2. The molecule has 0 aliphatic carbocycles. The predicted molar refractivity (Wildman–Crippen MR) is 58.0 cm³/mol. The summed E-state index contributed by atoms with van der Waals surface area (Å²) in [6.07, 6.45) is 1.29. The smallest absolute Gasteiger partial charge is 0.275 e. The van der Waals surface area contributed by atoms with Crippen LogP contribution < -0.4 is 5.56 Å². The Morgan fingerprint density at radius 3 is 3.06 bits per heavy atom. The van der Waals surface area contributed by atoms with Crippen molar-refractivity contribution < 1.29 is 4.39 Å². The van der Waals surface area contributed by atoms with Crippen LogP contribution in [0.3, 0.4) is 0 Å². The van der Waals surface area contributed by atoms with Gasteiger partial charge in [0.1, 0.15) is 28.5 Å². The molecule has 1 N–H and O–H groups in total. The molecule has 3 rings (SSSR count). The number of halogens is 1. The first-order chi connectivity index (χ1) is 8.22. The van der Waals surface area contributed by atoms with Gasteiger partial charge in [0.2, 0.25) is 0 Å². The minimum absolute atomic E-state index is 0.0811. The molecule has 0 saturated carbocycles. The van der Waals surface area contributed by atoms with Crippen molar-refractivity contribution in [2.45, 2.75) is 0 Å². The first kappa shape index (κ1) is 9.54. The Balaban J connectivity index is 2.68. The van der Waals surface area contributed by atoms with Crippen molar-refractivity contribution in [3.63, 3.8) is 0 Å². The zero-order chi connectivity index (χ0) is 12.0. The molecule has 0 spiro atoms. The number of hydrogen-bond donors (Lipinski definition) is 1. The number of hydrogen-bond acceptors (Lipinski definition) is 3. The molecule has 0 unspecified atom stereocenters. The van der Waals surface area contributed by atoms with Crippen LogP contribution in [0.25, 0.3) is 16.6 Å². The molecular weight excluding hydrogens is 223 g/mol. The van der Waals surface area contributed by atoms with Gasteiger partial charge in [-0.1, -0.05) is 6.07 Å². The molecule has 0 bridgehead atoms. The van der Waals surface area contributed by atoms with Gasteiger partial charge in [-0.05, 0) is 12.1 Å². The first-order valence-electron chi connectivity index (χ1n) is 4.80. The highest BCUT2D eigenvalue weighted by Crippen LogP contribution is 2.16. The van der Waals surface area contributed by atoms with Crippen molar-refractivity contribution in [2.75, 3.05) is 0 Å². The Hall–Kier alpha value is -2.68. The van der Waals surface area contributed by atoms with Gasteiger partial charge in [-0.15, -0.1) is 0 Å². The number of rotatable bonds is 0. The standard InChI is InChI=1S/C11H5FN4O/c12-7-2-1-3-8-9(7)15-11(17)10-6(4-13)5-14-16(8)10/h1-3,5H,(H,15,17). The summed E-state index contributed by atoms with van der Waals surface area (Å²) in [7, 11) is 0. The quantitative estimate of drug-likeness (QED) is 0.628. The molecule has 0 aliphatic heterocycles. The van der Waals surface area contributed by atoms with Gasteiger partial charge < -0.3 is 4.98 Å². The lowest BCUT2D eigenvalue weighted by Crippen LogP contribution is -2.12. The maximum Gasteiger partial charge on any atom is 0.275 e. The molecule has 0 fully saturated rings. The van der Waals surface area contributed by atoms with Crippen molar-refractivity contribution in [2.24, 2.45) is 0 Å². The molecule has 3 aromatic rings. The molecule has 0 saturated heterocycles. The number of H-pyrrole nitrogens is 1. The van der Waals surface area contributed by atoms with Crippen molar-refractivity contribution in [1.29, 1.82) is 5.26 Å². The highest BCUT2D eigenvalue weighted by molar-refractivity contribution is 5.79. The van der Waals surface area contributed by atoms with Crippen LogP contribution in [-0.4, -0.2) is 14.6 Å². The molecule has 1 aromatic carbocycles. The summed E-state index contributed by atoms with van der Waals surface area (Å²) >= 11 is 0. The van der Waals surface area contributed by atoms with Gasteiger partial charge in [-0.2, -0.15) is 10.4 Å². The molecule has 5 nitrogen and oxygen atoms in total. The van der Waals surface area contributed by atoms with Crippen LogP contribution in [0.2, 0.25) is 0 Å². The SMILES string of the molecule is N#Cc1cnn2c1c(=O)[nH]c1c(F)cccc12. The summed E-state index contributed by atoms with van der Waals surface area (Å²) in [6.45, 7) is 0. The molecule has 6 heteroatoms. The summed E-state index contributed by atoms with van der Waals surface area (Å²) in [5.74, 6) is -0.532. The number of nitriles is 1. The molecule has 0 atom stereocenters. The van der Waals surface area contributed by atoms with E-state index in [9.17, 15) is 9.18 Å². The third kappa shape index (κ3) is 1.16. The number of fused-ring (bicyclic) bond motifs is 3. The molecule has 2 aromatic heterocycles. The Morgan fingerprint density at radius 1 is 1.47 bits per heavy atom. The van der Waals surface area contributed by atoms with Crippen molar-refractivity contribution in [1.82, 2.24) is 14.6 Å². The molecule has 2 heterocycles. The highest BCUT2D eigenvalue weighted by Gasteiger charge is 2.12. The van der Waals surface area contributed by atoms with Gasteiger partial charge >= 0.3 is 0 Å². The number of aromatic amines is 1. The van der Waals surface area contributed by atoms with E-state index < -0.39 is 11.4 Å². The van der Waals surface area contributed by atoms with Gasteiger partial charge in [0.15, 0.2) is 0 Å². The summed E-state index contributed by atoms with van der Waals surface area (Å²) in [5, 5.41) is 12.8. The van der Waals surface area contributed by atoms with Crippen LogP contribution >= 0.6 is 0 Å². The fraction of sp³-hybridized carbons (Fsp3) is 0. The normalized spacial score (nSPS) is 10.8. The van der Waals surface area contributed by atoms with Crippen molar-refractivity contribution >= 4 is 16.6 Å². The van der Waals surface area contributed by atoms with E-state index >= 15 is 0 Å². The van der Waals surface area contributed by atoms with Gasteiger partial charge in [0.25, 0.3) is 5.56 Å². The molecule has 82 valence electrons. The molecular formula is C11H5FN4O. The maximum atomic E-state index is 13.5. The van der Waals surface area contributed by atoms with E-state index in [0.29, 0.717) is 5.52 Å². The zero-order valence-corrected chi connectivity index (χ0v) is 8.44. The zero-order valence-electron chi connectivity index (χ0n) is 8.44. The van der Waals surface area contributed by atoms with Crippen LogP contribution in [0.4, 0.5) is 4.39 Å². The summed E-state index contributed by atoms with van der Waals surface area (Å²) in [4.78, 5) is 14.2. The van der Waals surface area contributed by atoms with Crippen LogP contribution in [0.1, 0.15) is 5.56 Å². The van der Waals surface area contributed by atoms with E-state index in [1.165, 1.54) is 22.8 Å². The van der Waals surface area contributed by atoms with E-state index in [-0.39, 0.29) is 16.6 Å². The second-order valence-corrected chi connectivity index (χ2v) is 3.52. The molecule has 0 aliphatic rings. The van der Waals surface area contributed by atoms with E-state index in [1.54, 1.807) is 6.07 Å². The van der Waals surface area contributed by atoms with Crippen molar-refractivity contribution in [3.05, 3.63) is 46.1 Å². The topological polar surface area (TPSA) is 74.0 Å². The fourth-order valence-electron chi connectivity index (χ4n) is 1.82. The maximum absolute atomic E-state index is 13.5. The van der Waals surface area contributed by atoms with E-state index in [0.717, 1.165) is 0 Å². The number of nitrogens with one attached hydrogen (secondary N) is 1. The van der Waals surface area contributed by atoms with Crippen molar-refractivity contribution in [3.8, 4) is 6.07 Å². The third-order valence-corrected chi connectivity index (χ3v) is 2.56. The molecule has 17 heavy (non-hydrogen) atoms. The first-order valence-corrected chi connectivity index (χ1v) is 4.80. The monoisotopic (exact) mass is 228 g/mol. The number of para-hydroxylation sites is 1. The van der Waals surface area contributed by atoms with Gasteiger partial charge in [-0.3, -0.25) is 4.79 Å². The second-order valence-electron chi connectivity index (χ2n) is 3.52. The Kier molecular flexibility index (Phi) is 1.77. The minimum Gasteiger partial charge on any atom is -0.316 e. The van der Waals surface area contributed by atoms with E-state index in [2.05, 4.69) is 10.1 Å². The summed E-state index contributed by atoms with van der Waals surface area (Å²) in [5.41, 5.74) is 0.262.